The van der Waals surface area contributed by atoms with Gasteiger partial charge in [0.2, 0.25) is 5.91 Å². The largest absolute Gasteiger partial charge is 0.395 e. The summed E-state index contributed by atoms with van der Waals surface area (Å²) in [7, 11) is 1.69. The fourth-order valence-corrected chi connectivity index (χ4v) is 2.21. The van der Waals surface area contributed by atoms with E-state index in [0.717, 1.165) is 17.0 Å². The van der Waals surface area contributed by atoms with Crippen LogP contribution in [0.4, 0.5) is 0 Å². The van der Waals surface area contributed by atoms with Gasteiger partial charge >= 0.3 is 0 Å². The molecule has 7 nitrogen and oxygen atoms in total. The SMILES string of the molecule is Cc1nc2ncnn2c(C)c1CCC(=O)N(C)CCO. The van der Waals surface area contributed by atoms with Gasteiger partial charge in [0.1, 0.15) is 6.33 Å². The van der Waals surface area contributed by atoms with E-state index in [-0.39, 0.29) is 12.5 Å². The molecule has 0 spiro atoms. The molecule has 0 atom stereocenters. The zero-order chi connectivity index (χ0) is 14.7. The number of amides is 1. The number of aryl methyl sites for hydroxylation is 2. The van der Waals surface area contributed by atoms with E-state index >= 15 is 0 Å². The molecule has 0 aliphatic carbocycles. The van der Waals surface area contributed by atoms with Crippen LogP contribution >= 0.6 is 0 Å². The summed E-state index contributed by atoms with van der Waals surface area (Å²) >= 11 is 0. The second kappa shape index (κ2) is 5.96. The Labute approximate surface area is 117 Å². The monoisotopic (exact) mass is 277 g/mol. The van der Waals surface area contributed by atoms with Gasteiger partial charge in [0, 0.05) is 31.4 Å². The minimum atomic E-state index is -0.0211. The average Bonchev–Trinajstić information content (AvgIpc) is 2.86. The Balaban J connectivity index is 2.15. The van der Waals surface area contributed by atoms with Crippen molar-refractivity contribution in [2.75, 3.05) is 20.2 Å². The van der Waals surface area contributed by atoms with Crippen LogP contribution in [-0.2, 0) is 11.2 Å². The molecule has 2 aromatic heterocycles. The zero-order valence-electron chi connectivity index (χ0n) is 12.0. The van der Waals surface area contributed by atoms with Crippen LogP contribution in [0.25, 0.3) is 5.78 Å². The Morgan fingerprint density at radius 2 is 2.20 bits per heavy atom. The van der Waals surface area contributed by atoms with Crippen LogP contribution in [0.3, 0.4) is 0 Å². The van der Waals surface area contributed by atoms with Crippen molar-refractivity contribution in [3.8, 4) is 0 Å². The number of aliphatic hydroxyl groups is 1. The molecule has 0 saturated heterocycles. The smallest absolute Gasteiger partial charge is 0.252 e. The van der Waals surface area contributed by atoms with E-state index in [4.69, 9.17) is 5.11 Å². The van der Waals surface area contributed by atoms with Gasteiger partial charge in [-0.3, -0.25) is 4.79 Å². The quantitative estimate of drug-likeness (QED) is 0.839. The van der Waals surface area contributed by atoms with E-state index < -0.39 is 0 Å². The Bertz CT molecular complexity index is 622. The third-order valence-corrected chi connectivity index (χ3v) is 3.44. The average molecular weight is 277 g/mol. The van der Waals surface area contributed by atoms with Crippen molar-refractivity contribution >= 4 is 11.7 Å². The maximum Gasteiger partial charge on any atom is 0.252 e. The highest BCUT2D eigenvalue weighted by Gasteiger charge is 2.14. The molecule has 1 amide bonds. The molecule has 0 aromatic carbocycles. The maximum absolute atomic E-state index is 11.9. The highest BCUT2D eigenvalue weighted by atomic mass is 16.3. The van der Waals surface area contributed by atoms with Crippen LogP contribution in [0.15, 0.2) is 6.33 Å². The summed E-state index contributed by atoms with van der Waals surface area (Å²) in [5.74, 6) is 0.587. The van der Waals surface area contributed by atoms with Crippen molar-refractivity contribution in [3.05, 3.63) is 23.3 Å². The second-order valence-corrected chi connectivity index (χ2v) is 4.77. The number of aliphatic hydroxyl groups excluding tert-OH is 1. The van der Waals surface area contributed by atoms with Gasteiger partial charge in [0.05, 0.1) is 6.61 Å². The van der Waals surface area contributed by atoms with Gasteiger partial charge in [-0.2, -0.15) is 10.1 Å². The Kier molecular flexibility index (Phi) is 4.29. The third-order valence-electron chi connectivity index (χ3n) is 3.44. The first-order valence-corrected chi connectivity index (χ1v) is 6.55. The number of aromatic nitrogens is 4. The number of rotatable bonds is 5. The lowest BCUT2D eigenvalue weighted by Gasteiger charge is -2.16. The summed E-state index contributed by atoms with van der Waals surface area (Å²) in [6.45, 7) is 4.20. The molecule has 2 heterocycles. The van der Waals surface area contributed by atoms with Crippen molar-refractivity contribution in [2.45, 2.75) is 26.7 Å². The third kappa shape index (κ3) is 2.77. The van der Waals surface area contributed by atoms with Gasteiger partial charge in [-0.25, -0.2) is 9.50 Å². The van der Waals surface area contributed by atoms with Gasteiger partial charge in [0.25, 0.3) is 5.78 Å². The van der Waals surface area contributed by atoms with E-state index in [0.29, 0.717) is 25.2 Å². The molecule has 0 saturated carbocycles. The molecule has 0 unspecified atom stereocenters. The van der Waals surface area contributed by atoms with Crippen LogP contribution in [0.2, 0.25) is 0 Å². The lowest BCUT2D eigenvalue weighted by molar-refractivity contribution is -0.130. The lowest BCUT2D eigenvalue weighted by atomic mass is 10.1. The molecule has 0 fully saturated rings. The number of carbonyl (C=O) groups excluding carboxylic acids is 1. The second-order valence-electron chi connectivity index (χ2n) is 4.77. The maximum atomic E-state index is 11.9. The number of carbonyl (C=O) groups is 1. The predicted molar refractivity (Wildman–Crippen MR) is 73.3 cm³/mol. The minimum absolute atomic E-state index is 0.0107. The van der Waals surface area contributed by atoms with E-state index in [1.807, 2.05) is 13.8 Å². The van der Waals surface area contributed by atoms with Crippen LogP contribution in [0.1, 0.15) is 23.4 Å². The molecule has 2 rings (SSSR count). The van der Waals surface area contributed by atoms with Crippen molar-refractivity contribution in [1.82, 2.24) is 24.5 Å². The molecule has 20 heavy (non-hydrogen) atoms. The Morgan fingerprint density at radius 1 is 1.45 bits per heavy atom. The molecule has 7 heteroatoms. The summed E-state index contributed by atoms with van der Waals surface area (Å²) in [5.41, 5.74) is 2.86. The van der Waals surface area contributed by atoms with Crippen molar-refractivity contribution in [2.24, 2.45) is 0 Å². The van der Waals surface area contributed by atoms with Gasteiger partial charge in [0.15, 0.2) is 0 Å². The van der Waals surface area contributed by atoms with Crippen molar-refractivity contribution in [3.63, 3.8) is 0 Å². The van der Waals surface area contributed by atoms with Crippen LogP contribution in [0, 0.1) is 13.8 Å². The number of nitrogens with zero attached hydrogens (tertiary/aromatic N) is 5. The Hall–Kier alpha value is -2.02. The molecular weight excluding hydrogens is 258 g/mol. The first kappa shape index (κ1) is 14.4. The van der Waals surface area contributed by atoms with E-state index in [1.54, 1.807) is 11.6 Å². The Morgan fingerprint density at radius 3 is 2.90 bits per heavy atom. The van der Waals surface area contributed by atoms with Crippen molar-refractivity contribution < 1.29 is 9.90 Å². The van der Waals surface area contributed by atoms with E-state index in [9.17, 15) is 4.79 Å². The zero-order valence-corrected chi connectivity index (χ0v) is 12.0. The van der Waals surface area contributed by atoms with Gasteiger partial charge in [-0.1, -0.05) is 0 Å². The minimum Gasteiger partial charge on any atom is -0.395 e. The number of hydrogen-bond donors (Lipinski definition) is 1. The van der Waals surface area contributed by atoms with Crippen molar-refractivity contribution in [1.29, 1.82) is 0 Å². The lowest BCUT2D eigenvalue weighted by Crippen LogP contribution is -2.29. The topological polar surface area (TPSA) is 83.6 Å². The van der Waals surface area contributed by atoms with E-state index in [2.05, 4.69) is 15.1 Å². The standard InChI is InChI=1S/C13H19N5O2/c1-9-11(4-5-12(20)17(3)6-7-19)10(2)18-13(16-9)14-8-15-18/h8,19H,4-7H2,1-3H3. The summed E-state index contributed by atoms with van der Waals surface area (Å²) in [6, 6.07) is 0. The van der Waals surface area contributed by atoms with Gasteiger partial charge in [-0.15, -0.1) is 0 Å². The number of hydrogen-bond acceptors (Lipinski definition) is 5. The highest BCUT2D eigenvalue weighted by molar-refractivity contribution is 5.76. The molecule has 0 aliphatic rings. The summed E-state index contributed by atoms with van der Waals surface area (Å²) in [4.78, 5) is 21.9. The highest BCUT2D eigenvalue weighted by Crippen LogP contribution is 2.15. The first-order valence-electron chi connectivity index (χ1n) is 6.55. The van der Waals surface area contributed by atoms with E-state index in [1.165, 1.54) is 11.2 Å². The van der Waals surface area contributed by atoms with Crippen LogP contribution < -0.4 is 0 Å². The fraction of sp³-hybridized carbons (Fsp3) is 0.538. The molecule has 0 bridgehead atoms. The summed E-state index contributed by atoms with van der Waals surface area (Å²) < 4.78 is 1.68. The number of likely N-dealkylation sites (N-methyl/N-ethyl adjacent to an activating group) is 1. The fourth-order valence-electron chi connectivity index (χ4n) is 2.21. The molecular formula is C13H19N5O2. The van der Waals surface area contributed by atoms with Crippen LogP contribution in [0.5, 0.6) is 0 Å². The molecule has 1 N–H and O–H groups in total. The molecule has 2 aromatic rings. The molecule has 0 radical (unpaired) electrons. The molecule has 108 valence electrons. The van der Waals surface area contributed by atoms with Crippen LogP contribution in [-0.4, -0.2) is 55.7 Å². The summed E-state index contributed by atoms with van der Waals surface area (Å²) in [5, 5.41) is 13.0. The van der Waals surface area contributed by atoms with Gasteiger partial charge in [-0.05, 0) is 25.8 Å². The first-order chi connectivity index (χ1) is 9.54. The molecule has 0 aliphatic heterocycles. The summed E-state index contributed by atoms with van der Waals surface area (Å²) in [6.07, 6.45) is 2.47. The van der Waals surface area contributed by atoms with Gasteiger partial charge < -0.3 is 10.0 Å². The number of fused-ring (bicyclic) bond motifs is 1. The predicted octanol–water partition coefficient (Wildman–Crippen LogP) is 0.124. The normalized spacial score (nSPS) is 11.0.